The Morgan fingerprint density at radius 2 is 2.08 bits per heavy atom. The molecule has 1 aliphatic carbocycles. The first kappa shape index (κ1) is 8.06. The normalized spacial score (nSPS) is 17.5. The second-order valence-electron chi connectivity index (χ2n) is 3.29. The van der Waals surface area contributed by atoms with Gasteiger partial charge in [-0.15, -0.1) is 0 Å². The summed E-state index contributed by atoms with van der Waals surface area (Å²) in [5.74, 6) is 0.300. The van der Waals surface area contributed by atoms with E-state index in [1.54, 1.807) is 6.07 Å². The number of rotatable bonds is 1. The van der Waals surface area contributed by atoms with Crippen molar-refractivity contribution in [3.05, 3.63) is 34.6 Å². The van der Waals surface area contributed by atoms with Gasteiger partial charge in [-0.2, -0.15) is 0 Å². The van der Waals surface area contributed by atoms with Crippen LogP contribution in [0.15, 0.2) is 18.2 Å². The molecule has 0 bridgehead atoms. The predicted octanol–water partition coefficient (Wildman–Crippen LogP) is 3.75. The lowest BCUT2D eigenvalue weighted by molar-refractivity contribution is 0.404. The van der Waals surface area contributed by atoms with Gasteiger partial charge in [0.05, 0.1) is 0 Å². The molecule has 2 rings (SSSR count). The highest BCUT2D eigenvalue weighted by Gasteiger charge is 2.22. The van der Waals surface area contributed by atoms with Crippen molar-refractivity contribution in [2.24, 2.45) is 0 Å². The first-order valence-corrected chi connectivity index (χ1v) is 4.60. The first-order valence-electron chi connectivity index (χ1n) is 4.22. The maximum Gasteiger partial charge on any atom is 0.128 e. The van der Waals surface area contributed by atoms with Gasteiger partial charge in [0.25, 0.3) is 0 Å². The molecule has 0 spiro atoms. The highest BCUT2D eigenvalue weighted by atomic mass is 35.5. The summed E-state index contributed by atoms with van der Waals surface area (Å²) in [5, 5.41) is 0.482. The predicted molar refractivity (Wildman–Crippen MR) is 48.0 cm³/mol. The molecule has 64 valence electrons. The highest BCUT2D eigenvalue weighted by molar-refractivity contribution is 6.30. The van der Waals surface area contributed by atoms with Crippen LogP contribution in [0.4, 0.5) is 4.39 Å². The maximum atomic E-state index is 13.2. The van der Waals surface area contributed by atoms with E-state index in [4.69, 9.17) is 11.6 Å². The fourth-order valence-electron chi connectivity index (χ4n) is 1.55. The van der Waals surface area contributed by atoms with Crippen molar-refractivity contribution in [1.82, 2.24) is 0 Å². The van der Waals surface area contributed by atoms with Crippen LogP contribution in [0, 0.1) is 5.82 Å². The van der Waals surface area contributed by atoms with Gasteiger partial charge in [0.15, 0.2) is 0 Å². The van der Waals surface area contributed by atoms with Gasteiger partial charge in [0.2, 0.25) is 0 Å². The lowest BCUT2D eigenvalue weighted by Gasteiger charge is -2.26. The van der Waals surface area contributed by atoms with E-state index >= 15 is 0 Å². The SMILES string of the molecule is Fc1cc(Cl)ccc1C1CCC1. The molecule has 1 saturated carbocycles. The van der Waals surface area contributed by atoms with E-state index in [1.165, 1.54) is 12.5 Å². The standard InChI is InChI=1S/C10H10ClF/c11-8-4-5-9(10(12)6-8)7-2-1-3-7/h4-7H,1-3H2. The monoisotopic (exact) mass is 184 g/mol. The number of hydrogen-bond acceptors (Lipinski definition) is 0. The molecule has 2 heteroatoms. The molecule has 1 aromatic rings. The quantitative estimate of drug-likeness (QED) is 0.624. The molecule has 0 aliphatic heterocycles. The van der Waals surface area contributed by atoms with Gasteiger partial charge in [-0.25, -0.2) is 4.39 Å². The number of hydrogen-bond donors (Lipinski definition) is 0. The largest absolute Gasteiger partial charge is 0.207 e. The summed E-state index contributed by atoms with van der Waals surface area (Å²) < 4.78 is 13.2. The number of benzene rings is 1. The topological polar surface area (TPSA) is 0 Å². The summed E-state index contributed by atoms with van der Waals surface area (Å²) in [6.07, 6.45) is 3.48. The lowest BCUT2D eigenvalue weighted by atomic mass is 9.80. The highest BCUT2D eigenvalue weighted by Crippen LogP contribution is 2.37. The van der Waals surface area contributed by atoms with Crippen LogP contribution in [-0.2, 0) is 0 Å². The Kier molecular flexibility index (Phi) is 2.05. The Morgan fingerprint density at radius 1 is 1.33 bits per heavy atom. The smallest absolute Gasteiger partial charge is 0.128 e. The molecule has 0 unspecified atom stereocenters. The van der Waals surface area contributed by atoms with Crippen molar-refractivity contribution >= 4 is 11.6 Å². The minimum Gasteiger partial charge on any atom is -0.207 e. The van der Waals surface area contributed by atoms with Crippen molar-refractivity contribution < 1.29 is 4.39 Å². The van der Waals surface area contributed by atoms with E-state index in [2.05, 4.69) is 0 Å². The van der Waals surface area contributed by atoms with E-state index in [0.717, 1.165) is 18.4 Å². The summed E-state index contributed by atoms with van der Waals surface area (Å²) in [7, 11) is 0. The van der Waals surface area contributed by atoms with Crippen molar-refractivity contribution in [3.63, 3.8) is 0 Å². The molecule has 0 N–H and O–H groups in total. The average molecular weight is 185 g/mol. The van der Waals surface area contributed by atoms with E-state index in [1.807, 2.05) is 6.07 Å². The Hall–Kier alpha value is -0.560. The van der Waals surface area contributed by atoms with Crippen LogP contribution in [0.25, 0.3) is 0 Å². The summed E-state index contributed by atoms with van der Waals surface area (Å²) in [4.78, 5) is 0. The lowest BCUT2D eigenvalue weighted by Crippen LogP contribution is -2.10. The van der Waals surface area contributed by atoms with E-state index in [0.29, 0.717) is 10.9 Å². The van der Waals surface area contributed by atoms with Gasteiger partial charge in [0, 0.05) is 5.02 Å². The van der Waals surface area contributed by atoms with Crippen molar-refractivity contribution in [3.8, 4) is 0 Å². The van der Waals surface area contributed by atoms with Crippen LogP contribution in [0.1, 0.15) is 30.7 Å². The molecule has 0 saturated heterocycles. The Balaban J connectivity index is 2.31. The third-order valence-electron chi connectivity index (χ3n) is 2.51. The van der Waals surface area contributed by atoms with Crippen molar-refractivity contribution in [1.29, 1.82) is 0 Å². The zero-order chi connectivity index (χ0) is 8.55. The van der Waals surface area contributed by atoms with Crippen LogP contribution in [0.2, 0.25) is 5.02 Å². The molecular weight excluding hydrogens is 175 g/mol. The van der Waals surface area contributed by atoms with E-state index in [9.17, 15) is 4.39 Å². The van der Waals surface area contributed by atoms with Crippen LogP contribution in [0.5, 0.6) is 0 Å². The van der Waals surface area contributed by atoms with Gasteiger partial charge in [-0.3, -0.25) is 0 Å². The van der Waals surface area contributed by atoms with Crippen molar-refractivity contribution in [2.45, 2.75) is 25.2 Å². The Morgan fingerprint density at radius 3 is 2.58 bits per heavy atom. The first-order chi connectivity index (χ1) is 5.77. The summed E-state index contributed by atoms with van der Waals surface area (Å²) in [6.45, 7) is 0. The molecular formula is C10H10ClF. The third kappa shape index (κ3) is 1.34. The maximum absolute atomic E-state index is 13.2. The van der Waals surface area contributed by atoms with Gasteiger partial charge in [-0.1, -0.05) is 24.1 Å². The zero-order valence-corrected chi connectivity index (χ0v) is 7.44. The second kappa shape index (κ2) is 3.06. The van der Waals surface area contributed by atoms with Gasteiger partial charge < -0.3 is 0 Å². The molecule has 1 aromatic carbocycles. The minimum absolute atomic E-state index is 0.146. The fraction of sp³-hybridized carbons (Fsp3) is 0.400. The summed E-state index contributed by atoms with van der Waals surface area (Å²) >= 11 is 5.64. The molecule has 0 radical (unpaired) electrons. The molecule has 0 amide bonds. The van der Waals surface area contributed by atoms with Crippen molar-refractivity contribution in [2.75, 3.05) is 0 Å². The third-order valence-corrected chi connectivity index (χ3v) is 2.74. The average Bonchev–Trinajstić information content (AvgIpc) is 1.91. The molecule has 1 aliphatic rings. The van der Waals surface area contributed by atoms with E-state index in [-0.39, 0.29) is 5.82 Å². The molecule has 0 heterocycles. The van der Waals surface area contributed by atoms with Gasteiger partial charge in [-0.05, 0) is 36.5 Å². The molecule has 0 nitrogen and oxygen atoms in total. The molecule has 12 heavy (non-hydrogen) atoms. The number of halogens is 2. The minimum atomic E-state index is -0.146. The van der Waals surface area contributed by atoms with Gasteiger partial charge in [0.1, 0.15) is 5.82 Å². The van der Waals surface area contributed by atoms with Gasteiger partial charge >= 0.3 is 0 Å². The summed E-state index contributed by atoms with van der Waals surface area (Å²) in [6, 6.07) is 4.97. The molecule has 1 fully saturated rings. The second-order valence-corrected chi connectivity index (χ2v) is 3.73. The van der Waals surface area contributed by atoms with Crippen LogP contribution >= 0.6 is 11.6 Å². The van der Waals surface area contributed by atoms with Crippen LogP contribution in [-0.4, -0.2) is 0 Å². The fourth-order valence-corrected chi connectivity index (χ4v) is 1.71. The zero-order valence-electron chi connectivity index (χ0n) is 6.69. The molecule has 0 atom stereocenters. The Bertz CT molecular complexity index is 292. The Labute approximate surface area is 76.4 Å². The summed E-state index contributed by atoms with van der Waals surface area (Å²) in [5.41, 5.74) is 0.839. The van der Waals surface area contributed by atoms with Crippen LogP contribution in [0.3, 0.4) is 0 Å². The van der Waals surface area contributed by atoms with Crippen LogP contribution < -0.4 is 0 Å². The molecule has 0 aromatic heterocycles. The van der Waals surface area contributed by atoms with E-state index < -0.39 is 0 Å².